The van der Waals surface area contributed by atoms with E-state index in [-0.39, 0.29) is 6.04 Å². The van der Waals surface area contributed by atoms with Gasteiger partial charge in [0.25, 0.3) is 0 Å². The highest BCUT2D eigenvalue weighted by molar-refractivity contribution is 6.31. The summed E-state index contributed by atoms with van der Waals surface area (Å²) in [6, 6.07) is 5.54. The van der Waals surface area contributed by atoms with E-state index in [0.29, 0.717) is 0 Å². The Bertz CT molecular complexity index is 506. The van der Waals surface area contributed by atoms with Gasteiger partial charge in [-0.15, -0.1) is 5.10 Å². The van der Waals surface area contributed by atoms with Crippen molar-refractivity contribution >= 4 is 11.6 Å². The van der Waals surface area contributed by atoms with Crippen molar-refractivity contribution in [3.05, 3.63) is 46.2 Å². The van der Waals surface area contributed by atoms with Crippen molar-refractivity contribution < 1.29 is 0 Å². The highest BCUT2D eigenvalue weighted by atomic mass is 35.5. The van der Waals surface area contributed by atoms with Crippen LogP contribution >= 0.6 is 11.6 Å². The summed E-state index contributed by atoms with van der Waals surface area (Å²) < 4.78 is 1.68. The molecule has 1 aromatic heterocycles. The molecule has 2 aromatic rings. The fourth-order valence-corrected chi connectivity index (χ4v) is 1.73. The first-order chi connectivity index (χ1) is 7.59. The maximum absolute atomic E-state index is 6.14. The smallest absolute Gasteiger partial charge is 0.0796 e. The fourth-order valence-electron chi connectivity index (χ4n) is 1.61. The highest BCUT2D eigenvalue weighted by Gasteiger charge is 2.13. The Morgan fingerprint density at radius 3 is 2.75 bits per heavy atom. The van der Waals surface area contributed by atoms with Crippen molar-refractivity contribution in [1.29, 1.82) is 0 Å². The van der Waals surface area contributed by atoms with E-state index < -0.39 is 0 Å². The lowest BCUT2D eigenvalue weighted by atomic mass is 10.0. The lowest BCUT2D eigenvalue weighted by Gasteiger charge is -2.12. The van der Waals surface area contributed by atoms with E-state index in [9.17, 15) is 0 Å². The van der Waals surface area contributed by atoms with Crippen LogP contribution in [0.25, 0.3) is 0 Å². The molecule has 0 spiro atoms. The third kappa shape index (κ3) is 1.94. The lowest BCUT2D eigenvalue weighted by molar-refractivity contribution is 0.651. The van der Waals surface area contributed by atoms with Gasteiger partial charge in [0.2, 0.25) is 0 Å². The first-order valence-electron chi connectivity index (χ1n) is 4.96. The van der Waals surface area contributed by atoms with Crippen LogP contribution in [0.2, 0.25) is 5.02 Å². The summed E-state index contributed by atoms with van der Waals surface area (Å²) in [4.78, 5) is 0. The minimum Gasteiger partial charge on any atom is -0.319 e. The number of hydrogen-bond donors (Lipinski definition) is 1. The van der Waals surface area contributed by atoms with E-state index in [1.54, 1.807) is 10.9 Å². The second-order valence-electron chi connectivity index (χ2n) is 3.77. The zero-order chi connectivity index (χ0) is 11.7. The van der Waals surface area contributed by atoms with Crippen molar-refractivity contribution in [2.45, 2.75) is 13.0 Å². The lowest BCUT2D eigenvalue weighted by Crippen LogP contribution is -2.16. The molecule has 84 valence electrons. The molecule has 0 radical (unpaired) electrons. The molecule has 2 rings (SSSR count). The normalized spacial score (nSPS) is 12.8. The predicted molar refractivity (Wildman–Crippen MR) is 63.2 cm³/mol. The third-order valence-electron chi connectivity index (χ3n) is 2.61. The van der Waals surface area contributed by atoms with E-state index in [0.717, 1.165) is 21.8 Å². The maximum Gasteiger partial charge on any atom is 0.0796 e. The van der Waals surface area contributed by atoms with Gasteiger partial charge in [0, 0.05) is 12.1 Å². The number of halogens is 1. The van der Waals surface area contributed by atoms with E-state index in [4.69, 9.17) is 17.3 Å². The molecule has 0 saturated carbocycles. The molecule has 1 atom stereocenters. The molecule has 1 unspecified atom stereocenters. The summed E-state index contributed by atoms with van der Waals surface area (Å²) >= 11 is 5.97. The monoisotopic (exact) mass is 236 g/mol. The summed E-state index contributed by atoms with van der Waals surface area (Å²) in [7, 11) is 1.82. The Balaban J connectivity index is 2.38. The molecule has 0 saturated heterocycles. The highest BCUT2D eigenvalue weighted by Crippen LogP contribution is 2.23. The molecule has 0 aliphatic rings. The van der Waals surface area contributed by atoms with Crippen LogP contribution in [0.4, 0.5) is 0 Å². The van der Waals surface area contributed by atoms with Crippen molar-refractivity contribution in [3.8, 4) is 0 Å². The first kappa shape index (κ1) is 11.1. The molecule has 0 fully saturated rings. The number of nitrogens with zero attached hydrogens (tertiary/aromatic N) is 3. The molecule has 1 heterocycles. The molecular formula is C11H13ClN4. The largest absolute Gasteiger partial charge is 0.319 e. The molecule has 0 aliphatic heterocycles. The van der Waals surface area contributed by atoms with E-state index in [2.05, 4.69) is 10.3 Å². The molecule has 4 nitrogen and oxygen atoms in total. The zero-order valence-corrected chi connectivity index (χ0v) is 9.94. The molecule has 0 amide bonds. The molecule has 16 heavy (non-hydrogen) atoms. The van der Waals surface area contributed by atoms with Crippen LogP contribution in [-0.4, -0.2) is 15.0 Å². The third-order valence-corrected chi connectivity index (χ3v) is 3.03. The van der Waals surface area contributed by atoms with Gasteiger partial charge in [-0.2, -0.15) is 0 Å². The topological polar surface area (TPSA) is 56.7 Å². The van der Waals surface area contributed by atoms with Gasteiger partial charge in [-0.1, -0.05) is 28.9 Å². The van der Waals surface area contributed by atoms with Crippen molar-refractivity contribution in [2.75, 3.05) is 0 Å². The Labute approximate surface area is 99.0 Å². The molecular weight excluding hydrogens is 224 g/mol. The van der Waals surface area contributed by atoms with Crippen LogP contribution in [0, 0.1) is 6.92 Å². The molecule has 1 aromatic carbocycles. The Morgan fingerprint density at radius 2 is 2.19 bits per heavy atom. The molecule has 2 N–H and O–H groups in total. The number of rotatable bonds is 2. The van der Waals surface area contributed by atoms with Crippen LogP contribution < -0.4 is 5.73 Å². The Hall–Kier alpha value is -1.39. The SMILES string of the molecule is Cc1cc(C(N)c2cnnn2C)ccc1Cl. The molecule has 0 aliphatic carbocycles. The predicted octanol–water partition coefficient (Wildman–Crippen LogP) is 1.83. The van der Waals surface area contributed by atoms with Crippen molar-refractivity contribution in [1.82, 2.24) is 15.0 Å². The summed E-state index contributed by atoms with van der Waals surface area (Å²) in [6.07, 6.45) is 1.68. The number of nitrogens with two attached hydrogens (primary N) is 1. The minimum atomic E-state index is -0.226. The second kappa shape index (κ2) is 4.23. The van der Waals surface area contributed by atoms with Gasteiger partial charge in [0.1, 0.15) is 0 Å². The van der Waals surface area contributed by atoms with E-state index >= 15 is 0 Å². The maximum atomic E-state index is 6.14. The number of aromatic nitrogens is 3. The van der Waals surface area contributed by atoms with Crippen LogP contribution in [0.3, 0.4) is 0 Å². The van der Waals surface area contributed by atoms with Gasteiger partial charge in [-0.05, 0) is 24.1 Å². The zero-order valence-electron chi connectivity index (χ0n) is 9.18. The Kier molecular flexibility index (Phi) is 2.94. The average molecular weight is 237 g/mol. The van der Waals surface area contributed by atoms with E-state index in [1.807, 2.05) is 32.2 Å². The summed E-state index contributed by atoms with van der Waals surface area (Å²) in [5, 5.41) is 8.43. The van der Waals surface area contributed by atoms with Gasteiger partial charge in [0.05, 0.1) is 17.9 Å². The summed E-state index contributed by atoms with van der Waals surface area (Å²) in [5.74, 6) is 0. The van der Waals surface area contributed by atoms with Crippen LogP contribution in [0.1, 0.15) is 22.9 Å². The van der Waals surface area contributed by atoms with Crippen LogP contribution in [-0.2, 0) is 7.05 Å². The Morgan fingerprint density at radius 1 is 1.44 bits per heavy atom. The van der Waals surface area contributed by atoms with Crippen molar-refractivity contribution in [3.63, 3.8) is 0 Å². The number of aryl methyl sites for hydroxylation is 2. The number of benzene rings is 1. The standard InChI is InChI=1S/C11H13ClN4/c1-7-5-8(3-4-9(7)12)11(13)10-6-14-15-16(10)2/h3-6,11H,13H2,1-2H3. The minimum absolute atomic E-state index is 0.226. The van der Waals surface area contributed by atoms with Crippen LogP contribution in [0.15, 0.2) is 24.4 Å². The summed E-state index contributed by atoms with van der Waals surface area (Å²) in [5.41, 5.74) is 9.04. The second-order valence-corrected chi connectivity index (χ2v) is 4.18. The van der Waals surface area contributed by atoms with Gasteiger partial charge in [-0.3, -0.25) is 4.68 Å². The van der Waals surface area contributed by atoms with Gasteiger partial charge in [-0.25, -0.2) is 0 Å². The average Bonchev–Trinajstić information content (AvgIpc) is 2.67. The van der Waals surface area contributed by atoms with E-state index in [1.165, 1.54) is 0 Å². The van der Waals surface area contributed by atoms with Crippen molar-refractivity contribution in [2.24, 2.45) is 12.8 Å². The van der Waals surface area contributed by atoms with Gasteiger partial charge >= 0.3 is 0 Å². The quantitative estimate of drug-likeness (QED) is 0.866. The molecule has 0 bridgehead atoms. The molecule has 5 heteroatoms. The van der Waals surface area contributed by atoms with Gasteiger partial charge < -0.3 is 5.73 Å². The fraction of sp³-hybridized carbons (Fsp3) is 0.273. The summed E-state index contributed by atoms with van der Waals surface area (Å²) in [6.45, 7) is 1.96. The van der Waals surface area contributed by atoms with Crippen LogP contribution in [0.5, 0.6) is 0 Å². The van der Waals surface area contributed by atoms with Gasteiger partial charge in [0.15, 0.2) is 0 Å². The first-order valence-corrected chi connectivity index (χ1v) is 5.33. The number of hydrogen-bond acceptors (Lipinski definition) is 3.